The van der Waals surface area contributed by atoms with Crippen LogP contribution < -0.4 is 0 Å². The van der Waals surface area contributed by atoms with E-state index >= 15 is 0 Å². The van der Waals surface area contributed by atoms with Crippen LogP contribution >= 0.6 is 0 Å². The molecule has 58 valence electrons. The van der Waals surface area contributed by atoms with E-state index in [1.165, 1.54) is 18.4 Å². The Kier molecular flexibility index (Phi) is 1.57. The van der Waals surface area contributed by atoms with E-state index in [0.29, 0.717) is 5.75 Å². The van der Waals surface area contributed by atoms with Crippen LogP contribution in [0.1, 0.15) is 18.4 Å². The molecule has 0 unspecified atom stereocenters. The zero-order valence-corrected chi connectivity index (χ0v) is 6.46. The number of hydrogen-bond donors (Lipinski definition) is 1. The first-order chi connectivity index (χ1) is 5.34. The molecule has 0 atom stereocenters. The van der Waals surface area contributed by atoms with Gasteiger partial charge >= 0.3 is 0 Å². The van der Waals surface area contributed by atoms with Gasteiger partial charge in [0.1, 0.15) is 5.75 Å². The molecular formula is C10H12O. The summed E-state index contributed by atoms with van der Waals surface area (Å²) in [6.45, 7) is 0. The molecule has 1 aromatic carbocycles. The Hall–Kier alpha value is -0.980. The lowest BCUT2D eigenvalue weighted by atomic mass is 10.1. The summed E-state index contributed by atoms with van der Waals surface area (Å²) < 4.78 is 0. The average Bonchev–Trinajstić information content (AvgIpc) is 2.71. The average molecular weight is 148 g/mol. The predicted molar refractivity (Wildman–Crippen MR) is 44.5 cm³/mol. The van der Waals surface area contributed by atoms with Gasteiger partial charge in [-0.25, -0.2) is 0 Å². The Balaban J connectivity index is 2.10. The smallest absolute Gasteiger partial charge is 0.115 e. The van der Waals surface area contributed by atoms with Crippen LogP contribution in [0.5, 0.6) is 5.75 Å². The molecule has 2 rings (SSSR count). The molecule has 11 heavy (non-hydrogen) atoms. The highest BCUT2D eigenvalue weighted by Crippen LogP contribution is 2.32. The third kappa shape index (κ3) is 1.73. The van der Waals surface area contributed by atoms with Gasteiger partial charge in [0, 0.05) is 0 Å². The lowest BCUT2D eigenvalue weighted by molar-refractivity contribution is 0.474. The van der Waals surface area contributed by atoms with Crippen molar-refractivity contribution in [1.82, 2.24) is 0 Å². The molecular weight excluding hydrogens is 136 g/mol. The van der Waals surface area contributed by atoms with E-state index in [9.17, 15) is 0 Å². The van der Waals surface area contributed by atoms with E-state index < -0.39 is 0 Å². The SMILES string of the molecule is Oc1cccc(CC2CC2)c1. The Morgan fingerprint density at radius 3 is 2.82 bits per heavy atom. The lowest BCUT2D eigenvalue weighted by Gasteiger charge is -1.98. The molecule has 0 saturated heterocycles. The predicted octanol–water partition coefficient (Wildman–Crippen LogP) is 2.34. The summed E-state index contributed by atoms with van der Waals surface area (Å²) in [5, 5.41) is 9.15. The molecule has 1 N–H and O–H groups in total. The Morgan fingerprint density at radius 2 is 2.18 bits per heavy atom. The topological polar surface area (TPSA) is 20.2 Å². The lowest BCUT2D eigenvalue weighted by Crippen LogP contribution is -1.84. The fraction of sp³-hybridized carbons (Fsp3) is 0.400. The summed E-state index contributed by atoms with van der Waals surface area (Å²) in [6, 6.07) is 7.57. The summed E-state index contributed by atoms with van der Waals surface area (Å²) in [6.07, 6.45) is 3.89. The molecule has 0 heterocycles. The van der Waals surface area contributed by atoms with E-state index in [-0.39, 0.29) is 0 Å². The van der Waals surface area contributed by atoms with Crippen molar-refractivity contribution in [2.75, 3.05) is 0 Å². The fourth-order valence-electron chi connectivity index (χ4n) is 1.34. The number of rotatable bonds is 2. The van der Waals surface area contributed by atoms with Crippen LogP contribution in [0.4, 0.5) is 0 Å². The van der Waals surface area contributed by atoms with Crippen molar-refractivity contribution < 1.29 is 5.11 Å². The summed E-state index contributed by atoms with van der Waals surface area (Å²) >= 11 is 0. The van der Waals surface area contributed by atoms with Crippen LogP contribution in [0.2, 0.25) is 0 Å². The number of benzene rings is 1. The van der Waals surface area contributed by atoms with E-state index in [0.717, 1.165) is 12.3 Å². The van der Waals surface area contributed by atoms with Crippen molar-refractivity contribution in [2.45, 2.75) is 19.3 Å². The van der Waals surface area contributed by atoms with Gasteiger partial charge in [-0.2, -0.15) is 0 Å². The van der Waals surface area contributed by atoms with Gasteiger partial charge in [0.25, 0.3) is 0 Å². The van der Waals surface area contributed by atoms with Crippen LogP contribution in [0.15, 0.2) is 24.3 Å². The summed E-state index contributed by atoms with van der Waals surface area (Å²) in [4.78, 5) is 0. The second kappa shape index (κ2) is 2.57. The zero-order chi connectivity index (χ0) is 7.68. The molecule has 1 saturated carbocycles. The minimum absolute atomic E-state index is 0.392. The Bertz CT molecular complexity index is 251. The van der Waals surface area contributed by atoms with E-state index in [1.807, 2.05) is 12.1 Å². The molecule has 1 aromatic rings. The monoisotopic (exact) mass is 148 g/mol. The van der Waals surface area contributed by atoms with E-state index in [4.69, 9.17) is 5.11 Å². The van der Waals surface area contributed by atoms with Gasteiger partial charge in [-0.05, 0) is 42.9 Å². The van der Waals surface area contributed by atoms with Gasteiger partial charge in [-0.3, -0.25) is 0 Å². The molecule has 1 heteroatoms. The molecule has 1 nitrogen and oxygen atoms in total. The second-order valence-corrected chi connectivity index (χ2v) is 3.32. The van der Waals surface area contributed by atoms with E-state index in [1.54, 1.807) is 6.07 Å². The second-order valence-electron chi connectivity index (χ2n) is 3.32. The number of aromatic hydroxyl groups is 1. The molecule has 1 aliphatic rings. The van der Waals surface area contributed by atoms with Crippen LogP contribution in [0.25, 0.3) is 0 Å². The first-order valence-electron chi connectivity index (χ1n) is 4.12. The Morgan fingerprint density at radius 1 is 1.36 bits per heavy atom. The largest absolute Gasteiger partial charge is 0.508 e. The van der Waals surface area contributed by atoms with Gasteiger partial charge in [0.05, 0.1) is 0 Å². The first-order valence-corrected chi connectivity index (χ1v) is 4.12. The molecule has 1 aliphatic carbocycles. The van der Waals surface area contributed by atoms with Crippen LogP contribution in [0, 0.1) is 5.92 Å². The highest BCUT2D eigenvalue weighted by Gasteiger charge is 2.21. The third-order valence-electron chi connectivity index (χ3n) is 2.13. The normalized spacial score (nSPS) is 16.7. The van der Waals surface area contributed by atoms with E-state index in [2.05, 4.69) is 6.07 Å². The molecule has 0 aliphatic heterocycles. The number of hydrogen-bond acceptors (Lipinski definition) is 1. The fourth-order valence-corrected chi connectivity index (χ4v) is 1.34. The van der Waals surface area contributed by atoms with Gasteiger partial charge in [-0.1, -0.05) is 12.1 Å². The molecule has 0 bridgehead atoms. The molecule has 1 fully saturated rings. The quantitative estimate of drug-likeness (QED) is 0.682. The van der Waals surface area contributed by atoms with Crippen LogP contribution in [-0.2, 0) is 6.42 Å². The highest BCUT2D eigenvalue weighted by molar-refractivity contribution is 5.27. The zero-order valence-electron chi connectivity index (χ0n) is 6.46. The highest BCUT2D eigenvalue weighted by atomic mass is 16.3. The van der Waals surface area contributed by atoms with Crippen molar-refractivity contribution in [1.29, 1.82) is 0 Å². The molecule has 0 spiro atoms. The summed E-state index contributed by atoms with van der Waals surface area (Å²) in [5.41, 5.74) is 1.27. The Labute approximate surface area is 66.7 Å². The van der Waals surface area contributed by atoms with Gasteiger partial charge in [-0.15, -0.1) is 0 Å². The van der Waals surface area contributed by atoms with Crippen molar-refractivity contribution >= 4 is 0 Å². The standard InChI is InChI=1S/C10H12O/c11-10-3-1-2-9(7-10)6-8-4-5-8/h1-3,7-8,11H,4-6H2. The van der Waals surface area contributed by atoms with Crippen LogP contribution in [0.3, 0.4) is 0 Å². The van der Waals surface area contributed by atoms with Crippen molar-refractivity contribution in [3.8, 4) is 5.75 Å². The van der Waals surface area contributed by atoms with Crippen molar-refractivity contribution in [3.63, 3.8) is 0 Å². The summed E-state index contributed by atoms with van der Waals surface area (Å²) in [5.74, 6) is 1.29. The summed E-state index contributed by atoms with van der Waals surface area (Å²) in [7, 11) is 0. The maximum absolute atomic E-state index is 9.15. The minimum Gasteiger partial charge on any atom is -0.508 e. The minimum atomic E-state index is 0.392. The molecule has 0 radical (unpaired) electrons. The first kappa shape index (κ1) is 6.71. The molecule has 0 amide bonds. The molecule has 0 aromatic heterocycles. The third-order valence-corrected chi connectivity index (χ3v) is 2.13. The van der Waals surface area contributed by atoms with Gasteiger partial charge < -0.3 is 5.11 Å². The maximum atomic E-state index is 9.15. The van der Waals surface area contributed by atoms with Crippen molar-refractivity contribution in [3.05, 3.63) is 29.8 Å². The number of phenolic OH excluding ortho intramolecular Hbond substituents is 1. The van der Waals surface area contributed by atoms with Gasteiger partial charge in [0.2, 0.25) is 0 Å². The number of phenols is 1. The van der Waals surface area contributed by atoms with Gasteiger partial charge in [0.15, 0.2) is 0 Å². The maximum Gasteiger partial charge on any atom is 0.115 e. The van der Waals surface area contributed by atoms with Crippen molar-refractivity contribution in [2.24, 2.45) is 5.92 Å². The van der Waals surface area contributed by atoms with Crippen LogP contribution in [-0.4, -0.2) is 5.11 Å².